The molecule has 0 bridgehead atoms. The molecule has 1 aromatic rings. The molecule has 1 aliphatic carbocycles. The van der Waals surface area contributed by atoms with Gasteiger partial charge >= 0.3 is 0 Å². The van der Waals surface area contributed by atoms with Crippen LogP contribution in [0.5, 0.6) is 0 Å². The third-order valence-electron chi connectivity index (χ3n) is 3.64. The van der Waals surface area contributed by atoms with Crippen LogP contribution in [0.2, 0.25) is 5.02 Å². The highest BCUT2D eigenvalue weighted by Crippen LogP contribution is 2.34. The lowest BCUT2D eigenvalue weighted by molar-refractivity contribution is 0.445. The fourth-order valence-electron chi connectivity index (χ4n) is 2.16. The molecule has 0 saturated heterocycles. The van der Waals surface area contributed by atoms with Crippen molar-refractivity contribution in [1.29, 1.82) is 0 Å². The van der Waals surface area contributed by atoms with Gasteiger partial charge in [-0.25, -0.2) is 0 Å². The fraction of sp³-hybridized carbons (Fsp3) is 0.600. The van der Waals surface area contributed by atoms with Gasteiger partial charge < -0.3 is 5.32 Å². The Morgan fingerprint density at radius 1 is 1.41 bits per heavy atom. The van der Waals surface area contributed by atoms with E-state index in [0.717, 1.165) is 23.0 Å². The molecule has 0 spiro atoms. The van der Waals surface area contributed by atoms with Crippen LogP contribution in [0.15, 0.2) is 18.2 Å². The maximum atomic E-state index is 6.13. The molecule has 1 unspecified atom stereocenters. The number of aryl methyl sites for hydroxylation is 1. The Morgan fingerprint density at radius 2 is 2.18 bits per heavy atom. The molecule has 1 nitrogen and oxygen atoms in total. The Balaban J connectivity index is 1.84. The minimum atomic E-state index is 0.669. The summed E-state index contributed by atoms with van der Waals surface area (Å²) in [6.45, 7) is 5.24. The van der Waals surface area contributed by atoms with Gasteiger partial charge in [-0.2, -0.15) is 0 Å². The van der Waals surface area contributed by atoms with Crippen LogP contribution in [0.4, 0.5) is 0 Å². The Labute approximate surface area is 110 Å². The molecule has 0 amide bonds. The molecular formula is C15H22ClN. The highest BCUT2D eigenvalue weighted by atomic mass is 35.5. The molecule has 17 heavy (non-hydrogen) atoms. The molecule has 1 atom stereocenters. The zero-order valence-electron chi connectivity index (χ0n) is 10.8. The smallest absolute Gasteiger partial charge is 0.0438 e. The van der Waals surface area contributed by atoms with Crippen molar-refractivity contribution in [3.63, 3.8) is 0 Å². The van der Waals surface area contributed by atoms with Crippen LogP contribution >= 0.6 is 11.6 Å². The first-order valence-corrected chi connectivity index (χ1v) is 7.05. The maximum absolute atomic E-state index is 6.13. The Kier molecular flexibility index (Phi) is 4.47. The van der Waals surface area contributed by atoms with E-state index in [4.69, 9.17) is 11.6 Å². The summed E-state index contributed by atoms with van der Waals surface area (Å²) < 4.78 is 0. The van der Waals surface area contributed by atoms with Crippen molar-refractivity contribution in [2.75, 3.05) is 0 Å². The van der Waals surface area contributed by atoms with Crippen LogP contribution < -0.4 is 5.32 Å². The zero-order chi connectivity index (χ0) is 12.3. The first kappa shape index (κ1) is 12.9. The molecule has 1 aromatic carbocycles. The minimum Gasteiger partial charge on any atom is -0.310 e. The van der Waals surface area contributed by atoms with Crippen molar-refractivity contribution in [3.05, 3.63) is 34.3 Å². The monoisotopic (exact) mass is 251 g/mol. The van der Waals surface area contributed by atoms with Gasteiger partial charge in [0.15, 0.2) is 0 Å². The van der Waals surface area contributed by atoms with Crippen molar-refractivity contribution in [2.45, 2.75) is 52.1 Å². The summed E-state index contributed by atoms with van der Waals surface area (Å²) in [5, 5.41) is 4.52. The molecular weight excluding hydrogens is 230 g/mol. The van der Waals surface area contributed by atoms with Crippen molar-refractivity contribution < 1.29 is 0 Å². The molecule has 1 fully saturated rings. The molecule has 2 rings (SSSR count). The highest BCUT2D eigenvalue weighted by Gasteiger charge is 2.24. The van der Waals surface area contributed by atoms with Crippen molar-refractivity contribution >= 4 is 11.6 Å². The lowest BCUT2D eigenvalue weighted by Crippen LogP contribution is -2.28. The Morgan fingerprint density at radius 3 is 2.76 bits per heavy atom. The van der Waals surface area contributed by atoms with Gasteiger partial charge in [0.1, 0.15) is 0 Å². The minimum absolute atomic E-state index is 0.669. The number of nitrogens with one attached hydrogen (secondary N) is 1. The molecule has 0 aromatic heterocycles. The third-order valence-corrected chi connectivity index (χ3v) is 4.05. The predicted molar refractivity (Wildman–Crippen MR) is 74.4 cm³/mol. The van der Waals surface area contributed by atoms with Crippen molar-refractivity contribution in [1.82, 2.24) is 5.32 Å². The van der Waals surface area contributed by atoms with Crippen molar-refractivity contribution in [3.8, 4) is 0 Å². The van der Waals surface area contributed by atoms with E-state index < -0.39 is 0 Å². The number of rotatable bonds is 6. The van der Waals surface area contributed by atoms with Gasteiger partial charge in [-0.15, -0.1) is 0 Å². The molecule has 1 aliphatic rings. The predicted octanol–water partition coefficient (Wildman–Crippen LogP) is 4.32. The summed E-state index contributed by atoms with van der Waals surface area (Å²) in [5.74, 6) is 0.994. The SMILES string of the molecule is CCC(CC1CC1)NCc1ccc(C)c(Cl)c1. The topological polar surface area (TPSA) is 12.0 Å². The molecule has 0 heterocycles. The van der Waals surface area contributed by atoms with E-state index in [1.807, 2.05) is 6.92 Å². The first-order chi connectivity index (χ1) is 8.19. The normalized spacial score (nSPS) is 17.1. The van der Waals surface area contributed by atoms with Crippen LogP contribution in [-0.2, 0) is 6.54 Å². The lowest BCUT2D eigenvalue weighted by atomic mass is 10.1. The van der Waals surface area contributed by atoms with Crippen LogP contribution in [0.3, 0.4) is 0 Å². The number of hydrogen-bond donors (Lipinski definition) is 1. The van der Waals surface area contributed by atoms with Gasteiger partial charge in [0.25, 0.3) is 0 Å². The van der Waals surface area contributed by atoms with E-state index in [1.165, 1.54) is 31.2 Å². The average molecular weight is 252 g/mol. The second kappa shape index (κ2) is 5.88. The van der Waals surface area contributed by atoms with Gasteiger partial charge in [0, 0.05) is 17.6 Å². The number of benzene rings is 1. The second-order valence-corrected chi connectivity index (χ2v) is 5.66. The number of halogens is 1. The molecule has 2 heteroatoms. The van der Waals surface area contributed by atoms with Crippen LogP contribution in [0.1, 0.15) is 43.7 Å². The summed E-state index contributed by atoms with van der Waals surface area (Å²) in [4.78, 5) is 0. The van der Waals surface area contributed by atoms with E-state index in [-0.39, 0.29) is 0 Å². The largest absolute Gasteiger partial charge is 0.310 e. The molecule has 1 N–H and O–H groups in total. The Bertz CT molecular complexity index is 371. The van der Waals surface area contributed by atoms with Crippen LogP contribution in [0.25, 0.3) is 0 Å². The molecule has 0 aliphatic heterocycles. The van der Waals surface area contributed by atoms with Gasteiger partial charge in [-0.1, -0.05) is 43.5 Å². The summed E-state index contributed by atoms with van der Waals surface area (Å²) in [6, 6.07) is 7.01. The van der Waals surface area contributed by atoms with Gasteiger partial charge in [-0.05, 0) is 42.9 Å². The molecule has 1 saturated carbocycles. The van der Waals surface area contributed by atoms with Gasteiger partial charge in [0.2, 0.25) is 0 Å². The summed E-state index contributed by atoms with van der Waals surface area (Å²) >= 11 is 6.13. The van der Waals surface area contributed by atoms with Gasteiger partial charge in [-0.3, -0.25) is 0 Å². The highest BCUT2D eigenvalue weighted by molar-refractivity contribution is 6.31. The summed E-state index contributed by atoms with van der Waals surface area (Å²) in [6.07, 6.45) is 5.44. The average Bonchev–Trinajstić information content (AvgIpc) is 3.12. The lowest BCUT2D eigenvalue weighted by Gasteiger charge is -2.16. The quantitative estimate of drug-likeness (QED) is 0.794. The van der Waals surface area contributed by atoms with E-state index in [1.54, 1.807) is 0 Å². The summed E-state index contributed by atoms with van der Waals surface area (Å²) in [5.41, 5.74) is 2.44. The zero-order valence-corrected chi connectivity index (χ0v) is 11.6. The number of hydrogen-bond acceptors (Lipinski definition) is 1. The first-order valence-electron chi connectivity index (χ1n) is 6.67. The Hall–Kier alpha value is -0.530. The van der Waals surface area contributed by atoms with E-state index in [9.17, 15) is 0 Å². The van der Waals surface area contributed by atoms with Crippen molar-refractivity contribution in [2.24, 2.45) is 5.92 Å². The summed E-state index contributed by atoms with van der Waals surface area (Å²) in [7, 11) is 0. The maximum Gasteiger partial charge on any atom is 0.0438 e. The molecule has 0 radical (unpaired) electrons. The van der Waals surface area contributed by atoms with E-state index >= 15 is 0 Å². The van der Waals surface area contributed by atoms with Crippen LogP contribution in [0, 0.1) is 12.8 Å². The second-order valence-electron chi connectivity index (χ2n) is 5.25. The standard InChI is InChI=1S/C15H22ClN/c1-3-14(8-12-6-7-12)17-10-13-5-4-11(2)15(16)9-13/h4-5,9,12,14,17H,3,6-8,10H2,1-2H3. The molecule has 94 valence electrons. The van der Waals surface area contributed by atoms with Gasteiger partial charge in [0.05, 0.1) is 0 Å². The fourth-order valence-corrected chi connectivity index (χ4v) is 2.36. The van der Waals surface area contributed by atoms with E-state index in [0.29, 0.717) is 6.04 Å². The van der Waals surface area contributed by atoms with Crippen LogP contribution in [-0.4, -0.2) is 6.04 Å². The van der Waals surface area contributed by atoms with E-state index in [2.05, 4.69) is 30.4 Å². The third kappa shape index (κ3) is 4.01.